The van der Waals surface area contributed by atoms with E-state index in [4.69, 9.17) is 13.8 Å². The number of para-hydroxylation sites is 1. The van der Waals surface area contributed by atoms with Crippen molar-refractivity contribution in [2.75, 3.05) is 18.5 Å². The van der Waals surface area contributed by atoms with Crippen molar-refractivity contribution >= 4 is 19.3 Å². The molecule has 1 aliphatic rings. The number of benzene rings is 2. The van der Waals surface area contributed by atoms with Crippen molar-refractivity contribution in [2.24, 2.45) is 0 Å². The quantitative estimate of drug-likeness (QED) is 0.279. The number of hydrogen-bond donors (Lipinski definition) is 1. The molecule has 1 N–H and O–H groups in total. The molecule has 154 valence electrons. The van der Waals surface area contributed by atoms with E-state index in [1.807, 2.05) is 0 Å². The summed E-state index contributed by atoms with van der Waals surface area (Å²) in [6.07, 6.45) is 0. The minimum Gasteiger partial charge on any atom is -0.423 e. The van der Waals surface area contributed by atoms with Crippen LogP contribution in [-0.2, 0) is 18.4 Å². The molecule has 0 aromatic heterocycles. The van der Waals surface area contributed by atoms with Gasteiger partial charge in [-0.1, -0.05) is 18.2 Å². The normalized spacial score (nSPS) is 18.1. The van der Waals surface area contributed by atoms with Gasteiger partial charge >= 0.3 is 13.6 Å². The van der Waals surface area contributed by atoms with Crippen LogP contribution in [0.25, 0.3) is 0 Å². The Morgan fingerprint density at radius 2 is 1.72 bits per heavy atom. The molecule has 0 spiro atoms. The Bertz CT molecular complexity index is 963. The molecule has 6 nitrogen and oxygen atoms in total. The predicted octanol–water partition coefficient (Wildman–Crippen LogP) is 5.44. The molecule has 1 unspecified atom stereocenters. The average molecular weight is 419 g/mol. The Hall–Kier alpha value is -2.47. The molecule has 1 aliphatic heterocycles. The maximum Gasteiger partial charge on any atom is 0.342 e. The summed E-state index contributed by atoms with van der Waals surface area (Å²) in [4.78, 5) is 12.9. The summed E-state index contributed by atoms with van der Waals surface area (Å²) in [5, 5.41) is 3.07. The van der Waals surface area contributed by atoms with Gasteiger partial charge in [0.15, 0.2) is 0 Å². The monoisotopic (exact) mass is 419 g/mol. The SMILES string of the molecule is CCOP(=O)(OCC)C1C(=C(C)Nc2ccc(F)cc2)C(=O)Oc2ccccc21. The molecule has 2 aromatic carbocycles. The van der Waals surface area contributed by atoms with E-state index in [2.05, 4.69) is 5.32 Å². The molecule has 29 heavy (non-hydrogen) atoms. The topological polar surface area (TPSA) is 73.9 Å². The Labute approximate surface area is 169 Å². The van der Waals surface area contributed by atoms with Crippen LogP contribution in [-0.4, -0.2) is 19.2 Å². The van der Waals surface area contributed by atoms with E-state index in [9.17, 15) is 13.8 Å². The Balaban J connectivity index is 2.15. The van der Waals surface area contributed by atoms with Crippen molar-refractivity contribution in [3.63, 3.8) is 0 Å². The number of hydrogen-bond acceptors (Lipinski definition) is 6. The van der Waals surface area contributed by atoms with E-state index >= 15 is 0 Å². The van der Waals surface area contributed by atoms with Crippen LogP contribution in [0, 0.1) is 5.82 Å². The first kappa shape index (κ1) is 21.2. The number of allylic oxidation sites excluding steroid dienone is 1. The van der Waals surface area contributed by atoms with Gasteiger partial charge in [0.2, 0.25) is 0 Å². The number of nitrogens with one attached hydrogen (secondary N) is 1. The second-order valence-corrected chi connectivity index (χ2v) is 8.49. The predicted molar refractivity (Wildman–Crippen MR) is 108 cm³/mol. The van der Waals surface area contributed by atoms with Crippen molar-refractivity contribution in [3.8, 4) is 5.75 Å². The van der Waals surface area contributed by atoms with Crippen LogP contribution in [0.5, 0.6) is 5.75 Å². The van der Waals surface area contributed by atoms with Crippen LogP contribution in [0.3, 0.4) is 0 Å². The Morgan fingerprint density at radius 1 is 1.10 bits per heavy atom. The minimum absolute atomic E-state index is 0.151. The van der Waals surface area contributed by atoms with Gasteiger partial charge in [0.05, 0.1) is 18.8 Å². The van der Waals surface area contributed by atoms with Crippen LogP contribution in [0.2, 0.25) is 0 Å². The molecule has 0 bridgehead atoms. The number of esters is 1. The van der Waals surface area contributed by atoms with Crippen LogP contribution < -0.4 is 10.1 Å². The van der Waals surface area contributed by atoms with Gasteiger partial charge in [-0.05, 0) is 51.1 Å². The fraction of sp³-hybridized carbons (Fsp3) is 0.286. The zero-order valence-electron chi connectivity index (χ0n) is 16.5. The summed E-state index contributed by atoms with van der Waals surface area (Å²) in [6, 6.07) is 12.6. The van der Waals surface area contributed by atoms with Crippen molar-refractivity contribution in [1.29, 1.82) is 0 Å². The molecular weight excluding hydrogens is 396 g/mol. The standard InChI is InChI=1S/C21H23FNO5P/c1-4-26-29(25,27-5-2)20-17-8-6-7-9-18(17)28-21(24)19(20)14(3)23-16-12-10-15(22)11-13-16/h6-13,20,23H,4-5H2,1-3H3. The van der Waals surface area contributed by atoms with Gasteiger partial charge in [0.1, 0.15) is 17.2 Å². The first-order valence-electron chi connectivity index (χ1n) is 9.32. The van der Waals surface area contributed by atoms with Gasteiger partial charge < -0.3 is 19.1 Å². The molecule has 1 heterocycles. The largest absolute Gasteiger partial charge is 0.423 e. The van der Waals surface area contributed by atoms with Gasteiger partial charge in [0, 0.05) is 16.9 Å². The van der Waals surface area contributed by atoms with Crippen LogP contribution in [0.1, 0.15) is 32.0 Å². The van der Waals surface area contributed by atoms with Gasteiger partial charge in [0.25, 0.3) is 0 Å². The Morgan fingerprint density at radius 3 is 2.34 bits per heavy atom. The highest BCUT2D eigenvalue weighted by atomic mass is 31.2. The fourth-order valence-electron chi connectivity index (χ4n) is 3.27. The summed E-state index contributed by atoms with van der Waals surface area (Å²) in [5.74, 6) is -0.692. The van der Waals surface area contributed by atoms with Crippen molar-refractivity contribution in [2.45, 2.75) is 26.4 Å². The fourth-order valence-corrected chi connectivity index (χ4v) is 5.53. The highest BCUT2D eigenvalue weighted by molar-refractivity contribution is 7.54. The highest BCUT2D eigenvalue weighted by Gasteiger charge is 2.47. The second kappa shape index (κ2) is 8.91. The molecule has 0 saturated carbocycles. The summed E-state index contributed by atoms with van der Waals surface area (Å²) >= 11 is 0. The summed E-state index contributed by atoms with van der Waals surface area (Å²) in [7, 11) is -3.75. The molecule has 0 saturated heterocycles. The molecule has 0 aliphatic carbocycles. The van der Waals surface area contributed by atoms with E-state index < -0.39 is 19.2 Å². The zero-order valence-corrected chi connectivity index (χ0v) is 17.4. The van der Waals surface area contributed by atoms with E-state index in [1.54, 1.807) is 57.2 Å². The number of halogens is 1. The third kappa shape index (κ3) is 4.42. The molecule has 1 atom stereocenters. The van der Waals surface area contributed by atoms with E-state index in [1.165, 1.54) is 12.1 Å². The maximum absolute atomic E-state index is 13.7. The van der Waals surface area contributed by atoms with Crippen LogP contribution >= 0.6 is 7.60 Å². The highest BCUT2D eigenvalue weighted by Crippen LogP contribution is 2.66. The summed E-state index contributed by atoms with van der Waals surface area (Å²) in [6.45, 7) is 5.41. The number of fused-ring (bicyclic) bond motifs is 1. The number of anilines is 1. The lowest BCUT2D eigenvalue weighted by Gasteiger charge is -2.33. The molecule has 0 fully saturated rings. The molecule has 0 amide bonds. The second-order valence-electron chi connectivity index (χ2n) is 6.38. The van der Waals surface area contributed by atoms with Gasteiger partial charge in [-0.25, -0.2) is 9.18 Å². The van der Waals surface area contributed by atoms with Crippen LogP contribution in [0.4, 0.5) is 10.1 Å². The molecular formula is C21H23FNO5P. The van der Waals surface area contributed by atoms with Crippen LogP contribution in [0.15, 0.2) is 59.8 Å². The first-order chi connectivity index (χ1) is 13.9. The lowest BCUT2D eigenvalue weighted by molar-refractivity contribution is -0.131. The summed E-state index contributed by atoms with van der Waals surface area (Å²) in [5.41, 5.74) is 0.740. The number of carbonyl (C=O) groups is 1. The van der Waals surface area contributed by atoms with Gasteiger partial charge in [-0.2, -0.15) is 0 Å². The van der Waals surface area contributed by atoms with E-state index in [-0.39, 0.29) is 24.6 Å². The molecule has 2 aromatic rings. The molecule has 3 rings (SSSR count). The lowest BCUT2D eigenvalue weighted by atomic mass is 9.99. The number of carbonyl (C=O) groups excluding carboxylic acids is 1. The van der Waals surface area contributed by atoms with Crippen molar-refractivity contribution < 1.29 is 27.5 Å². The van der Waals surface area contributed by atoms with Crippen molar-refractivity contribution in [1.82, 2.24) is 0 Å². The van der Waals surface area contributed by atoms with E-state index in [0.717, 1.165) is 0 Å². The maximum atomic E-state index is 13.7. The molecule has 8 heteroatoms. The van der Waals surface area contributed by atoms with Gasteiger partial charge in [-0.3, -0.25) is 4.57 Å². The zero-order chi connectivity index (χ0) is 21.0. The number of ether oxygens (including phenoxy) is 1. The first-order valence-corrected chi connectivity index (χ1v) is 10.9. The van der Waals surface area contributed by atoms with Gasteiger partial charge in [-0.15, -0.1) is 0 Å². The minimum atomic E-state index is -3.75. The summed E-state index contributed by atoms with van der Waals surface area (Å²) < 4.78 is 43.6. The Kier molecular flexibility index (Phi) is 6.52. The smallest absolute Gasteiger partial charge is 0.342 e. The average Bonchev–Trinajstić information content (AvgIpc) is 2.69. The lowest BCUT2D eigenvalue weighted by Crippen LogP contribution is -2.27. The number of rotatable bonds is 7. The van der Waals surface area contributed by atoms with Crippen molar-refractivity contribution in [3.05, 3.63) is 71.2 Å². The third-order valence-corrected chi connectivity index (χ3v) is 6.83. The third-order valence-electron chi connectivity index (χ3n) is 4.42. The van der Waals surface area contributed by atoms with E-state index in [0.29, 0.717) is 22.7 Å². The molecule has 0 radical (unpaired) electrons.